The maximum Gasteiger partial charge on any atom is 0.0822 e. The second kappa shape index (κ2) is 5.70. The molecule has 1 aromatic carbocycles. The van der Waals surface area contributed by atoms with Gasteiger partial charge in [0.05, 0.1) is 11.5 Å². The lowest BCUT2D eigenvalue weighted by Gasteiger charge is -2.26. The van der Waals surface area contributed by atoms with Crippen LogP contribution in [0.4, 0.5) is 0 Å². The molecule has 86 valence electrons. The van der Waals surface area contributed by atoms with Crippen LogP contribution >= 0.6 is 0 Å². The molecule has 16 heavy (non-hydrogen) atoms. The summed E-state index contributed by atoms with van der Waals surface area (Å²) in [6.07, 6.45) is 4.03. The molecular weight excluding hydrogens is 194 g/mol. The fraction of sp³-hybridized carbons (Fsp3) is 0.533. The highest BCUT2D eigenvalue weighted by Crippen LogP contribution is 2.34. The van der Waals surface area contributed by atoms with E-state index in [9.17, 15) is 5.26 Å². The lowest BCUT2D eigenvalue weighted by Crippen LogP contribution is -2.23. The molecule has 0 aliphatic heterocycles. The number of aryl methyl sites for hydroxylation is 1. The molecule has 0 radical (unpaired) electrons. The van der Waals surface area contributed by atoms with Crippen LogP contribution in [0.25, 0.3) is 0 Å². The van der Waals surface area contributed by atoms with E-state index in [1.807, 2.05) is 0 Å². The SMILES string of the molecule is CCCC(C#N)(CCC)c1cccc(C)c1. The zero-order valence-corrected chi connectivity index (χ0v) is 10.6. The standard InChI is InChI=1S/C15H21N/c1-4-9-15(12-16,10-5-2)14-8-6-7-13(3)11-14/h6-8,11H,4-5,9-10H2,1-3H3. The van der Waals surface area contributed by atoms with Crippen LogP contribution in [0.5, 0.6) is 0 Å². The van der Waals surface area contributed by atoms with Crippen LogP contribution in [0.3, 0.4) is 0 Å². The summed E-state index contributed by atoms with van der Waals surface area (Å²) in [5.41, 5.74) is 2.17. The molecule has 0 fully saturated rings. The van der Waals surface area contributed by atoms with Gasteiger partial charge < -0.3 is 0 Å². The van der Waals surface area contributed by atoms with Crippen LogP contribution in [0.1, 0.15) is 50.7 Å². The third-order valence-corrected chi connectivity index (χ3v) is 3.14. The Bertz CT molecular complexity index is 367. The van der Waals surface area contributed by atoms with E-state index < -0.39 is 0 Å². The molecule has 0 aliphatic rings. The average Bonchev–Trinajstić information content (AvgIpc) is 2.28. The van der Waals surface area contributed by atoms with E-state index in [1.165, 1.54) is 11.1 Å². The molecule has 0 atom stereocenters. The van der Waals surface area contributed by atoms with Gasteiger partial charge in [0.1, 0.15) is 0 Å². The molecule has 1 heteroatoms. The molecular formula is C15H21N. The molecule has 0 bridgehead atoms. The molecule has 0 amide bonds. The molecule has 1 rings (SSSR count). The Labute approximate surface area is 99.1 Å². The molecule has 0 aliphatic carbocycles. The lowest BCUT2D eigenvalue weighted by atomic mass is 9.74. The first-order valence-electron chi connectivity index (χ1n) is 6.17. The summed E-state index contributed by atoms with van der Waals surface area (Å²) in [6.45, 7) is 6.39. The number of nitrogens with zero attached hydrogens (tertiary/aromatic N) is 1. The van der Waals surface area contributed by atoms with Crippen LogP contribution in [0, 0.1) is 18.3 Å². The number of benzene rings is 1. The molecule has 0 heterocycles. The summed E-state index contributed by atoms with van der Waals surface area (Å²) in [5, 5.41) is 9.53. The van der Waals surface area contributed by atoms with Crippen LogP contribution < -0.4 is 0 Å². The van der Waals surface area contributed by atoms with Crippen molar-refractivity contribution in [3.8, 4) is 6.07 Å². The van der Waals surface area contributed by atoms with Gasteiger partial charge in [-0.05, 0) is 25.3 Å². The largest absolute Gasteiger partial charge is 0.197 e. The smallest absolute Gasteiger partial charge is 0.0822 e. The van der Waals surface area contributed by atoms with Crippen molar-refractivity contribution >= 4 is 0 Å². The van der Waals surface area contributed by atoms with Crippen molar-refractivity contribution in [1.29, 1.82) is 5.26 Å². The monoisotopic (exact) mass is 215 g/mol. The molecule has 1 nitrogen and oxygen atoms in total. The van der Waals surface area contributed by atoms with Crippen molar-refractivity contribution in [2.45, 2.75) is 51.9 Å². The summed E-state index contributed by atoms with van der Waals surface area (Å²) in [6, 6.07) is 11.0. The molecule has 1 aromatic rings. The minimum atomic E-state index is -0.268. The molecule has 0 spiro atoms. The minimum absolute atomic E-state index is 0.268. The summed E-state index contributed by atoms with van der Waals surface area (Å²) < 4.78 is 0. The van der Waals surface area contributed by atoms with Crippen LogP contribution in [-0.2, 0) is 5.41 Å². The molecule has 0 unspecified atom stereocenters. The van der Waals surface area contributed by atoms with Crippen LogP contribution in [0.2, 0.25) is 0 Å². The third-order valence-electron chi connectivity index (χ3n) is 3.14. The van der Waals surface area contributed by atoms with Crippen molar-refractivity contribution in [2.24, 2.45) is 0 Å². The van der Waals surface area contributed by atoms with E-state index in [2.05, 4.69) is 51.1 Å². The van der Waals surface area contributed by atoms with Crippen molar-refractivity contribution in [1.82, 2.24) is 0 Å². The number of hydrogen-bond acceptors (Lipinski definition) is 1. The highest BCUT2D eigenvalue weighted by Gasteiger charge is 2.30. The van der Waals surface area contributed by atoms with Crippen LogP contribution in [-0.4, -0.2) is 0 Å². The Hall–Kier alpha value is -1.29. The highest BCUT2D eigenvalue weighted by molar-refractivity contribution is 5.35. The fourth-order valence-electron chi connectivity index (χ4n) is 2.39. The Balaban J connectivity index is 3.14. The second-order valence-electron chi connectivity index (χ2n) is 4.56. The number of nitriles is 1. The van der Waals surface area contributed by atoms with Gasteiger partial charge in [0.15, 0.2) is 0 Å². The van der Waals surface area contributed by atoms with E-state index in [0.29, 0.717) is 0 Å². The van der Waals surface area contributed by atoms with Crippen LogP contribution in [0.15, 0.2) is 24.3 Å². The molecule has 0 N–H and O–H groups in total. The quantitative estimate of drug-likeness (QED) is 0.716. The molecule has 0 saturated carbocycles. The first-order chi connectivity index (χ1) is 7.68. The Kier molecular flexibility index (Phi) is 4.55. The van der Waals surface area contributed by atoms with E-state index in [1.54, 1.807) is 0 Å². The maximum atomic E-state index is 9.53. The Morgan fingerprint density at radius 2 is 1.81 bits per heavy atom. The maximum absolute atomic E-state index is 9.53. The normalized spacial score (nSPS) is 11.1. The van der Waals surface area contributed by atoms with Crippen molar-refractivity contribution in [2.75, 3.05) is 0 Å². The minimum Gasteiger partial charge on any atom is -0.197 e. The van der Waals surface area contributed by atoms with Gasteiger partial charge in [-0.3, -0.25) is 0 Å². The predicted molar refractivity (Wildman–Crippen MR) is 68.3 cm³/mol. The Morgan fingerprint density at radius 1 is 1.19 bits per heavy atom. The summed E-state index contributed by atoms with van der Waals surface area (Å²) in [5.74, 6) is 0. The van der Waals surface area contributed by atoms with E-state index in [4.69, 9.17) is 0 Å². The van der Waals surface area contributed by atoms with E-state index in [0.717, 1.165) is 25.7 Å². The van der Waals surface area contributed by atoms with Gasteiger partial charge in [0.25, 0.3) is 0 Å². The van der Waals surface area contributed by atoms with Gasteiger partial charge in [0.2, 0.25) is 0 Å². The summed E-state index contributed by atoms with van der Waals surface area (Å²) in [7, 11) is 0. The first kappa shape index (κ1) is 12.8. The Morgan fingerprint density at radius 3 is 2.25 bits per heavy atom. The molecule has 0 aromatic heterocycles. The van der Waals surface area contributed by atoms with Gasteiger partial charge >= 0.3 is 0 Å². The average molecular weight is 215 g/mol. The predicted octanol–water partition coefficient (Wildman–Crippen LogP) is 4.36. The first-order valence-corrected chi connectivity index (χ1v) is 6.17. The number of hydrogen-bond donors (Lipinski definition) is 0. The molecule has 0 saturated heterocycles. The van der Waals surface area contributed by atoms with Crippen molar-refractivity contribution in [3.05, 3.63) is 35.4 Å². The van der Waals surface area contributed by atoms with Crippen molar-refractivity contribution < 1.29 is 0 Å². The zero-order chi connectivity index (χ0) is 12.0. The van der Waals surface area contributed by atoms with Gasteiger partial charge in [-0.2, -0.15) is 5.26 Å². The van der Waals surface area contributed by atoms with E-state index in [-0.39, 0.29) is 5.41 Å². The van der Waals surface area contributed by atoms with Gasteiger partial charge in [-0.25, -0.2) is 0 Å². The fourth-order valence-corrected chi connectivity index (χ4v) is 2.39. The van der Waals surface area contributed by atoms with Gasteiger partial charge in [0, 0.05) is 0 Å². The number of rotatable bonds is 5. The zero-order valence-electron chi connectivity index (χ0n) is 10.6. The third kappa shape index (κ3) is 2.64. The topological polar surface area (TPSA) is 23.8 Å². The summed E-state index contributed by atoms with van der Waals surface area (Å²) >= 11 is 0. The van der Waals surface area contributed by atoms with Gasteiger partial charge in [-0.15, -0.1) is 0 Å². The van der Waals surface area contributed by atoms with Gasteiger partial charge in [-0.1, -0.05) is 56.5 Å². The summed E-state index contributed by atoms with van der Waals surface area (Å²) in [4.78, 5) is 0. The lowest BCUT2D eigenvalue weighted by molar-refractivity contribution is 0.453. The highest BCUT2D eigenvalue weighted by atomic mass is 14.4. The van der Waals surface area contributed by atoms with Crippen molar-refractivity contribution in [3.63, 3.8) is 0 Å². The van der Waals surface area contributed by atoms with E-state index >= 15 is 0 Å². The second-order valence-corrected chi connectivity index (χ2v) is 4.56.